The maximum atomic E-state index is 10.3. The van der Waals surface area contributed by atoms with Crippen molar-refractivity contribution < 1.29 is 29.7 Å². The first-order valence-electron chi connectivity index (χ1n) is 19.2. The number of carbonyl (C=O) groups is 3. The van der Waals surface area contributed by atoms with Crippen molar-refractivity contribution in [2.24, 2.45) is 5.73 Å². The molecule has 0 aliphatic heterocycles. The fourth-order valence-corrected chi connectivity index (χ4v) is 5.30. The van der Waals surface area contributed by atoms with Crippen LogP contribution in [0.1, 0.15) is 219 Å². The Morgan fingerprint density at radius 2 is 0.500 bits per heavy atom. The zero-order valence-corrected chi connectivity index (χ0v) is 31.2. The number of hydrogen-bond donors (Lipinski definition) is 4. The van der Waals surface area contributed by atoms with Crippen molar-refractivity contribution in [2.45, 2.75) is 219 Å². The first-order chi connectivity index (χ1) is 21.8. The Kier molecular flexibility index (Phi) is 53.8. The zero-order chi connectivity index (χ0) is 34.1. The monoisotopic (exact) mass is 680 g/mol. The van der Waals surface area contributed by atoms with Crippen LogP contribution in [0.4, 0.5) is 0 Å². The highest BCUT2D eigenvalue weighted by Gasteiger charge is 1.98. The first-order valence-corrected chi connectivity index (χ1v) is 19.2. The molecule has 46 heavy (non-hydrogen) atoms. The van der Waals surface area contributed by atoms with Crippen LogP contribution in [-0.2, 0) is 14.4 Å². The van der Waals surface area contributed by atoms with E-state index < -0.39 is 17.9 Å². The number of unbranched alkanes of at least 4 members (excludes halogenated alkanes) is 28. The molecule has 8 heteroatoms. The van der Waals surface area contributed by atoms with Gasteiger partial charge in [0.1, 0.15) is 0 Å². The zero-order valence-electron chi connectivity index (χ0n) is 30.4. The van der Waals surface area contributed by atoms with Gasteiger partial charge in [0.05, 0.1) is 6.54 Å². The fraction of sp³-hybridized carbons (Fsp3) is 0.921. The molecule has 0 amide bonds. The number of carboxylic acids is 3. The Bertz CT molecular complexity index is 562. The van der Waals surface area contributed by atoms with Crippen LogP contribution in [0.5, 0.6) is 0 Å². The number of rotatable bonds is 33. The molecule has 5 N–H and O–H groups in total. The van der Waals surface area contributed by atoms with Gasteiger partial charge in [0, 0.05) is 12.8 Å². The standard InChI is InChI=1S/2C18H36O2.C2H5NO2.ClH/c2*1-2-3-4-5-6-7-8-9-10-11-12-13-14-15-16-17-18(19)20;3-1-2(4)5;/h2*2-17H2,1H3,(H,19,20);1,3H2,(H,4,5);1H. The highest BCUT2D eigenvalue weighted by molar-refractivity contribution is 5.85. The number of hydrogen-bond acceptors (Lipinski definition) is 4. The quantitative estimate of drug-likeness (QED) is 0.0506. The minimum Gasteiger partial charge on any atom is -0.481 e. The number of carboxylic acid groups (broad SMARTS) is 3. The summed E-state index contributed by atoms with van der Waals surface area (Å²) in [6.07, 6.45) is 40.4. The van der Waals surface area contributed by atoms with Gasteiger partial charge in [-0.25, -0.2) is 0 Å². The summed E-state index contributed by atoms with van der Waals surface area (Å²) in [5.41, 5.74) is 4.57. The minimum absolute atomic E-state index is 0. The van der Waals surface area contributed by atoms with Crippen LogP contribution in [-0.4, -0.2) is 39.8 Å². The molecule has 0 unspecified atom stereocenters. The third kappa shape index (κ3) is 61.6. The van der Waals surface area contributed by atoms with Gasteiger partial charge < -0.3 is 21.1 Å². The smallest absolute Gasteiger partial charge is 0.317 e. The molecule has 0 saturated heterocycles. The van der Waals surface area contributed by atoms with Crippen LogP contribution in [0.15, 0.2) is 0 Å². The molecule has 0 aliphatic rings. The molecule has 0 saturated carbocycles. The maximum Gasteiger partial charge on any atom is 0.317 e. The van der Waals surface area contributed by atoms with E-state index in [0.29, 0.717) is 12.8 Å². The van der Waals surface area contributed by atoms with E-state index in [0.717, 1.165) is 25.7 Å². The second-order valence-corrected chi connectivity index (χ2v) is 12.8. The summed E-state index contributed by atoms with van der Waals surface area (Å²) < 4.78 is 0. The molecule has 0 aromatic rings. The predicted molar refractivity (Wildman–Crippen MR) is 198 cm³/mol. The van der Waals surface area contributed by atoms with Crippen molar-refractivity contribution in [3.8, 4) is 0 Å². The van der Waals surface area contributed by atoms with E-state index in [-0.39, 0.29) is 19.0 Å². The molecule has 0 bridgehead atoms. The second-order valence-electron chi connectivity index (χ2n) is 12.8. The van der Waals surface area contributed by atoms with Crippen molar-refractivity contribution in [3.05, 3.63) is 0 Å². The summed E-state index contributed by atoms with van der Waals surface area (Å²) in [5, 5.41) is 24.6. The van der Waals surface area contributed by atoms with Gasteiger partial charge in [0.25, 0.3) is 0 Å². The van der Waals surface area contributed by atoms with E-state index in [1.165, 1.54) is 167 Å². The third-order valence-corrected chi connectivity index (χ3v) is 8.16. The van der Waals surface area contributed by atoms with E-state index >= 15 is 0 Å². The van der Waals surface area contributed by atoms with E-state index in [4.69, 9.17) is 15.3 Å². The molecule has 0 aliphatic carbocycles. The topological polar surface area (TPSA) is 138 Å². The van der Waals surface area contributed by atoms with E-state index in [2.05, 4.69) is 19.6 Å². The SMILES string of the molecule is CCCCCCCCCCCCCCCCCC(=O)O.CCCCCCCCCCCCCCCCCC(=O)O.Cl.NCC(=O)O. The molecule has 278 valence electrons. The lowest BCUT2D eigenvalue weighted by Gasteiger charge is -2.03. The molecule has 0 spiro atoms. The summed E-state index contributed by atoms with van der Waals surface area (Å²) in [7, 11) is 0. The highest BCUT2D eigenvalue weighted by atomic mass is 35.5. The van der Waals surface area contributed by atoms with E-state index in [1.807, 2.05) is 0 Å². The van der Waals surface area contributed by atoms with Crippen molar-refractivity contribution in [1.29, 1.82) is 0 Å². The van der Waals surface area contributed by atoms with Gasteiger partial charge in [-0.2, -0.15) is 0 Å². The Morgan fingerprint density at radius 3 is 0.630 bits per heavy atom. The van der Waals surface area contributed by atoms with Crippen LogP contribution in [0, 0.1) is 0 Å². The first kappa shape index (κ1) is 51.5. The van der Waals surface area contributed by atoms with Crippen LogP contribution >= 0.6 is 12.4 Å². The lowest BCUT2D eigenvalue weighted by atomic mass is 10.0. The van der Waals surface area contributed by atoms with Crippen LogP contribution in [0.3, 0.4) is 0 Å². The predicted octanol–water partition coefficient (Wildman–Crippen LogP) is 12.1. The van der Waals surface area contributed by atoms with Gasteiger partial charge in [-0.15, -0.1) is 12.4 Å². The molecule has 0 atom stereocenters. The van der Waals surface area contributed by atoms with Crippen LogP contribution in [0.25, 0.3) is 0 Å². The van der Waals surface area contributed by atoms with Gasteiger partial charge in [0.15, 0.2) is 0 Å². The number of aliphatic carboxylic acids is 3. The molecule has 0 aromatic carbocycles. The molecular weight excluding hydrogens is 602 g/mol. The average molecular weight is 680 g/mol. The van der Waals surface area contributed by atoms with Gasteiger partial charge in [-0.1, -0.05) is 194 Å². The molecular formula is C38H78ClNO6. The normalized spacial score (nSPS) is 10.2. The summed E-state index contributed by atoms with van der Waals surface area (Å²) in [6.45, 7) is 4.26. The number of nitrogens with two attached hydrogens (primary N) is 1. The van der Waals surface area contributed by atoms with Crippen molar-refractivity contribution in [3.63, 3.8) is 0 Å². The van der Waals surface area contributed by atoms with Crippen LogP contribution < -0.4 is 5.73 Å². The van der Waals surface area contributed by atoms with Gasteiger partial charge in [0.2, 0.25) is 0 Å². The Hall–Kier alpha value is -1.34. The van der Waals surface area contributed by atoms with Gasteiger partial charge in [-0.3, -0.25) is 14.4 Å². The molecule has 0 aromatic heterocycles. The van der Waals surface area contributed by atoms with Crippen molar-refractivity contribution in [2.75, 3.05) is 6.54 Å². The summed E-state index contributed by atoms with van der Waals surface area (Å²) in [6, 6.07) is 0. The van der Waals surface area contributed by atoms with Gasteiger partial charge >= 0.3 is 17.9 Å². The third-order valence-electron chi connectivity index (χ3n) is 8.16. The lowest BCUT2D eigenvalue weighted by Crippen LogP contribution is -2.10. The summed E-state index contributed by atoms with van der Waals surface area (Å²) in [5.74, 6) is -2.27. The Balaban J connectivity index is -0.000000327. The lowest BCUT2D eigenvalue weighted by molar-refractivity contribution is -0.138. The molecule has 0 fully saturated rings. The number of halogens is 1. The summed E-state index contributed by atoms with van der Waals surface area (Å²) >= 11 is 0. The average Bonchev–Trinajstić information content (AvgIpc) is 3.01. The Labute approximate surface area is 291 Å². The van der Waals surface area contributed by atoms with Crippen molar-refractivity contribution in [1.82, 2.24) is 0 Å². The second kappa shape index (κ2) is 48.1. The van der Waals surface area contributed by atoms with E-state index in [9.17, 15) is 14.4 Å². The largest absolute Gasteiger partial charge is 0.481 e. The van der Waals surface area contributed by atoms with Gasteiger partial charge in [-0.05, 0) is 12.8 Å². The van der Waals surface area contributed by atoms with Crippen LogP contribution in [0.2, 0.25) is 0 Å². The maximum absolute atomic E-state index is 10.3. The fourth-order valence-electron chi connectivity index (χ4n) is 5.30. The highest BCUT2D eigenvalue weighted by Crippen LogP contribution is 2.15. The molecule has 0 rings (SSSR count). The summed E-state index contributed by atoms with van der Waals surface area (Å²) in [4.78, 5) is 29.9. The molecule has 7 nitrogen and oxygen atoms in total. The molecule has 0 heterocycles. The van der Waals surface area contributed by atoms with Crippen molar-refractivity contribution >= 4 is 30.3 Å². The molecule has 0 radical (unpaired) electrons. The van der Waals surface area contributed by atoms with E-state index in [1.54, 1.807) is 0 Å². The Morgan fingerprint density at radius 1 is 0.348 bits per heavy atom. The minimum atomic E-state index is -0.968.